The van der Waals surface area contributed by atoms with Gasteiger partial charge in [0.15, 0.2) is 12.4 Å². The molecule has 0 saturated carbocycles. The highest BCUT2D eigenvalue weighted by Crippen LogP contribution is 2.24. The molecule has 4 aromatic rings. The summed E-state index contributed by atoms with van der Waals surface area (Å²) in [6.07, 6.45) is 4.42. The Morgan fingerprint density at radius 2 is 1.62 bits per heavy atom. The summed E-state index contributed by atoms with van der Waals surface area (Å²) in [6, 6.07) is 29.4. The van der Waals surface area contributed by atoms with Gasteiger partial charge in [-0.25, -0.2) is 4.79 Å². The molecular weight excluding hydrogens is 490 g/mol. The van der Waals surface area contributed by atoms with E-state index in [0.717, 1.165) is 17.7 Å². The molecular formula is C32H34N3O4+. The van der Waals surface area contributed by atoms with Crippen LogP contribution < -0.4 is 19.9 Å². The fraction of sp³-hybridized carbons (Fsp3) is 0.219. The molecule has 1 aromatic heterocycles. The van der Waals surface area contributed by atoms with Crippen LogP contribution in [0.5, 0.6) is 5.75 Å². The third-order valence-corrected chi connectivity index (χ3v) is 6.05. The van der Waals surface area contributed by atoms with Gasteiger partial charge < -0.3 is 20.1 Å². The van der Waals surface area contributed by atoms with Gasteiger partial charge in [-0.05, 0) is 47.0 Å². The monoisotopic (exact) mass is 524 g/mol. The van der Waals surface area contributed by atoms with Crippen molar-refractivity contribution < 1.29 is 23.6 Å². The van der Waals surface area contributed by atoms with Gasteiger partial charge in [-0.1, -0.05) is 68.4 Å². The number of ether oxygens (including phenoxy) is 2. The van der Waals surface area contributed by atoms with E-state index in [-0.39, 0.29) is 24.6 Å². The average molecular weight is 525 g/mol. The van der Waals surface area contributed by atoms with Gasteiger partial charge in [0, 0.05) is 23.7 Å². The third kappa shape index (κ3) is 8.43. The number of anilines is 1. The molecule has 1 heterocycles. The van der Waals surface area contributed by atoms with Gasteiger partial charge in [0.05, 0.1) is 19.1 Å². The molecule has 200 valence electrons. The number of nitrogens with one attached hydrogen (secondary N) is 2. The normalized spacial score (nSPS) is 10.6. The molecule has 7 nitrogen and oxygen atoms in total. The van der Waals surface area contributed by atoms with Crippen LogP contribution in [0.3, 0.4) is 0 Å². The largest absolute Gasteiger partial charge is 0.493 e. The van der Waals surface area contributed by atoms with E-state index in [1.165, 1.54) is 16.7 Å². The lowest BCUT2D eigenvalue weighted by molar-refractivity contribution is -0.728. The van der Waals surface area contributed by atoms with Crippen molar-refractivity contribution >= 4 is 17.7 Å². The van der Waals surface area contributed by atoms with Gasteiger partial charge in [0.1, 0.15) is 5.75 Å². The molecule has 4 rings (SSSR count). The number of hydrogen-bond donors (Lipinski definition) is 2. The number of benzene rings is 3. The molecule has 7 heteroatoms. The summed E-state index contributed by atoms with van der Waals surface area (Å²) in [5.41, 5.74) is 5.19. The minimum absolute atomic E-state index is 0.130. The third-order valence-electron chi connectivity index (χ3n) is 6.05. The van der Waals surface area contributed by atoms with E-state index < -0.39 is 0 Å². The van der Waals surface area contributed by atoms with Crippen molar-refractivity contribution in [1.29, 1.82) is 0 Å². The van der Waals surface area contributed by atoms with E-state index >= 15 is 0 Å². The van der Waals surface area contributed by atoms with E-state index in [9.17, 15) is 9.59 Å². The van der Waals surface area contributed by atoms with E-state index in [1.807, 2.05) is 73.1 Å². The number of rotatable bonds is 11. The van der Waals surface area contributed by atoms with Gasteiger partial charge >= 0.3 is 12.0 Å². The second-order valence-electron chi connectivity index (χ2n) is 9.43. The first-order valence-electron chi connectivity index (χ1n) is 13.0. The van der Waals surface area contributed by atoms with Crippen LogP contribution in [0.2, 0.25) is 0 Å². The van der Waals surface area contributed by atoms with Gasteiger partial charge in [-0.15, -0.1) is 0 Å². The number of pyridine rings is 1. The summed E-state index contributed by atoms with van der Waals surface area (Å²) < 4.78 is 13.0. The number of carbonyl (C=O) groups excluding carboxylic acids is 2. The lowest BCUT2D eigenvalue weighted by atomic mass is 9.98. The summed E-state index contributed by atoms with van der Waals surface area (Å²) in [5.74, 6) is 0.308. The molecule has 0 saturated heterocycles. The van der Waals surface area contributed by atoms with Crippen LogP contribution in [0, 0.1) is 5.92 Å². The highest BCUT2D eigenvalue weighted by Gasteiger charge is 2.12. The number of nitrogens with zero attached hydrogens (tertiary/aromatic N) is 1. The lowest BCUT2D eigenvalue weighted by Crippen LogP contribution is -2.37. The highest BCUT2D eigenvalue weighted by atomic mass is 16.5. The van der Waals surface area contributed by atoms with Crippen molar-refractivity contribution in [2.75, 3.05) is 11.9 Å². The molecule has 0 aliphatic heterocycles. The van der Waals surface area contributed by atoms with Crippen LogP contribution in [-0.4, -0.2) is 18.6 Å². The quantitative estimate of drug-likeness (QED) is 0.194. The van der Waals surface area contributed by atoms with E-state index in [0.29, 0.717) is 18.8 Å². The summed E-state index contributed by atoms with van der Waals surface area (Å²) in [4.78, 5) is 24.1. The number of aromatic nitrogens is 1. The molecule has 0 unspecified atom stereocenters. The maximum atomic E-state index is 12.4. The topological polar surface area (TPSA) is 80.5 Å². The van der Waals surface area contributed by atoms with Gasteiger partial charge in [0.25, 0.3) is 6.73 Å². The van der Waals surface area contributed by atoms with Crippen molar-refractivity contribution in [2.24, 2.45) is 5.92 Å². The van der Waals surface area contributed by atoms with Gasteiger partial charge in [-0.2, -0.15) is 4.57 Å². The molecule has 0 spiro atoms. The van der Waals surface area contributed by atoms with Crippen LogP contribution in [0.4, 0.5) is 10.5 Å². The van der Waals surface area contributed by atoms with Crippen molar-refractivity contribution in [3.8, 4) is 16.9 Å². The number of urea groups is 1. The summed E-state index contributed by atoms with van der Waals surface area (Å²) in [5, 5.41) is 5.67. The summed E-state index contributed by atoms with van der Waals surface area (Å²) in [6.45, 7) is 4.59. The Kier molecular flexibility index (Phi) is 9.67. The fourth-order valence-corrected chi connectivity index (χ4v) is 3.97. The van der Waals surface area contributed by atoms with E-state index in [4.69, 9.17) is 9.47 Å². The van der Waals surface area contributed by atoms with Crippen molar-refractivity contribution in [3.63, 3.8) is 0 Å². The first kappa shape index (κ1) is 27.4. The Balaban J connectivity index is 1.22. The second kappa shape index (κ2) is 13.8. The van der Waals surface area contributed by atoms with Crippen LogP contribution >= 0.6 is 0 Å². The van der Waals surface area contributed by atoms with Gasteiger partial charge in [-0.3, -0.25) is 4.79 Å². The molecule has 0 radical (unpaired) electrons. The number of carbonyl (C=O) groups is 2. The lowest BCUT2D eigenvalue weighted by Gasteiger charge is -2.12. The smallest absolute Gasteiger partial charge is 0.319 e. The van der Waals surface area contributed by atoms with Crippen molar-refractivity contribution in [1.82, 2.24) is 5.32 Å². The average Bonchev–Trinajstić information content (AvgIpc) is 2.96. The SMILES string of the molecule is CC(C)C(=O)OC[n+]1cccc(CNC(=O)Nc2ccc(OCCc3ccccc3-c3ccccc3)cc2)c1. The van der Waals surface area contributed by atoms with E-state index in [2.05, 4.69) is 41.0 Å². The van der Waals surface area contributed by atoms with Crippen LogP contribution in [-0.2, 0) is 29.2 Å². The first-order valence-corrected chi connectivity index (χ1v) is 13.0. The molecule has 0 aliphatic rings. The van der Waals surface area contributed by atoms with Crippen molar-refractivity contribution in [2.45, 2.75) is 33.5 Å². The highest BCUT2D eigenvalue weighted by molar-refractivity contribution is 5.89. The molecule has 0 atom stereocenters. The predicted octanol–water partition coefficient (Wildman–Crippen LogP) is 5.74. The Morgan fingerprint density at radius 1 is 0.872 bits per heavy atom. The summed E-state index contributed by atoms with van der Waals surface area (Å²) in [7, 11) is 0. The number of amides is 2. The number of esters is 1. The molecule has 0 bridgehead atoms. The predicted molar refractivity (Wildman–Crippen MR) is 151 cm³/mol. The maximum Gasteiger partial charge on any atom is 0.319 e. The van der Waals surface area contributed by atoms with Crippen LogP contribution in [0.1, 0.15) is 25.0 Å². The molecule has 3 aromatic carbocycles. The first-order chi connectivity index (χ1) is 19.0. The zero-order valence-corrected chi connectivity index (χ0v) is 22.3. The zero-order chi connectivity index (χ0) is 27.5. The Morgan fingerprint density at radius 3 is 2.38 bits per heavy atom. The number of hydrogen-bond acceptors (Lipinski definition) is 4. The standard InChI is InChI=1S/C32H33N3O4/c1-24(2)31(36)39-23-35-19-8-9-25(22-35)21-33-32(37)34-28-14-16-29(17-15-28)38-20-18-27-12-6-7-13-30(27)26-10-4-3-5-11-26/h3-17,19,22,24H,18,20-21,23H2,1-2H3,(H-,33,34,37)/p+1. The fourth-order valence-electron chi connectivity index (χ4n) is 3.97. The molecule has 39 heavy (non-hydrogen) atoms. The molecule has 2 amide bonds. The Labute approximate surface area is 229 Å². The Bertz CT molecular complexity index is 1370. The van der Waals surface area contributed by atoms with Crippen LogP contribution in [0.25, 0.3) is 11.1 Å². The molecule has 0 aliphatic carbocycles. The minimum atomic E-state index is -0.317. The van der Waals surface area contributed by atoms with Gasteiger partial charge in [0.2, 0.25) is 0 Å². The second-order valence-corrected chi connectivity index (χ2v) is 9.43. The van der Waals surface area contributed by atoms with E-state index in [1.54, 1.807) is 18.4 Å². The molecule has 0 fully saturated rings. The Hall–Kier alpha value is -4.65. The summed E-state index contributed by atoms with van der Waals surface area (Å²) >= 11 is 0. The molecule has 2 N–H and O–H groups in total. The zero-order valence-electron chi connectivity index (χ0n) is 22.3. The van der Waals surface area contributed by atoms with Crippen molar-refractivity contribution in [3.05, 3.63) is 115 Å². The van der Waals surface area contributed by atoms with Crippen LogP contribution in [0.15, 0.2) is 103 Å². The maximum absolute atomic E-state index is 12.4. The minimum Gasteiger partial charge on any atom is -0.493 e.